The second-order valence-corrected chi connectivity index (χ2v) is 15.2. The second kappa shape index (κ2) is 21.4. The molecule has 16 nitrogen and oxygen atoms in total. The minimum absolute atomic E-state index is 0.0352. The molecule has 3 aromatic rings. The number of nitrogen functional groups attached to an aromatic ring is 1. The molecule has 2 aromatic carbocycles. The predicted octanol–water partition coefficient (Wildman–Crippen LogP) is 4.45. The van der Waals surface area contributed by atoms with Gasteiger partial charge < -0.3 is 40.6 Å². The van der Waals surface area contributed by atoms with Crippen LogP contribution in [0.25, 0.3) is 0 Å². The summed E-state index contributed by atoms with van der Waals surface area (Å²) < 4.78 is 15.4. The lowest BCUT2D eigenvalue weighted by Gasteiger charge is -2.20. The molecule has 262 valence electrons. The predicted molar refractivity (Wildman–Crippen MR) is 187 cm³/mol. The van der Waals surface area contributed by atoms with Gasteiger partial charge >= 0.3 is 5.97 Å². The molecule has 1 aromatic heterocycles. The van der Waals surface area contributed by atoms with E-state index in [1.165, 1.54) is 12.1 Å². The highest BCUT2D eigenvalue weighted by atomic mass is 35.5. The van der Waals surface area contributed by atoms with Crippen LogP contribution in [0.1, 0.15) is 27.7 Å². The van der Waals surface area contributed by atoms with E-state index in [-0.39, 0.29) is 33.0 Å². The van der Waals surface area contributed by atoms with Gasteiger partial charge in [0.2, 0.25) is 17.2 Å². The molecule has 1 unspecified atom stereocenters. The van der Waals surface area contributed by atoms with Crippen LogP contribution >= 0.6 is 30.8 Å². The van der Waals surface area contributed by atoms with Gasteiger partial charge in [-0.1, -0.05) is 29.8 Å². The minimum atomic E-state index is -4.35. The van der Waals surface area contributed by atoms with Crippen LogP contribution in [-0.4, -0.2) is 79.5 Å². The van der Waals surface area contributed by atoms with Crippen LogP contribution in [-0.2, 0) is 20.3 Å². The molecule has 7 N–H and O–H groups in total. The summed E-state index contributed by atoms with van der Waals surface area (Å²) in [5.74, 6) is 0.662. The summed E-state index contributed by atoms with van der Waals surface area (Å²) in [6, 6.07) is 11.6. The first-order valence-electron chi connectivity index (χ1n) is 13.5. The largest absolute Gasteiger partial charge is 0.778 e. The standard InChI is InChI=1S/C12H9ClN2O3.C9H16ClN5.C3H8NO5P.C3H9S/c13-11-10(18-8-4-2-1-3-5-8)7-6-9(12(11)14)15(16)17;1-5-11-7-12-6(10)13-8(14-7)15-9(2,3)4;5-3(6)1-4-2-10(7,8)9;1-4(2)3/h1-7H,14H2;5H2,1-4H3,(H2,11,12,13,14,15);4H,1-2H2,(H,5,6)(H2,7,8,9);1-3H3/q;;;+1/p-1. The lowest BCUT2D eigenvalue weighted by atomic mass is 10.1. The minimum Gasteiger partial charge on any atom is -0.778 e. The first-order chi connectivity index (χ1) is 21.6. The highest BCUT2D eigenvalue weighted by Crippen LogP contribution is 2.38. The Balaban J connectivity index is 0.000000661. The number of rotatable bonds is 10. The number of carboxylic acids is 1. The summed E-state index contributed by atoms with van der Waals surface area (Å²) in [6.45, 7) is 8.31. The molecule has 0 fully saturated rings. The zero-order chi connectivity index (χ0) is 36.4. The van der Waals surface area contributed by atoms with Crippen LogP contribution in [0.5, 0.6) is 11.5 Å². The van der Waals surface area contributed by atoms with Crippen LogP contribution in [0.4, 0.5) is 23.3 Å². The van der Waals surface area contributed by atoms with Crippen LogP contribution in [0, 0.1) is 10.1 Å². The number of aliphatic carboxylic acids is 1. The molecule has 0 aliphatic carbocycles. The van der Waals surface area contributed by atoms with Crippen LogP contribution < -0.4 is 31.3 Å². The Kier molecular flexibility index (Phi) is 19.9. The molecule has 0 aliphatic rings. The summed E-state index contributed by atoms with van der Waals surface area (Å²) in [6.07, 6.45) is 5.87. The Morgan fingerprint density at radius 1 is 1.09 bits per heavy atom. The van der Waals surface area contributed by atoms with E-state index in [0.29, 0.717) is 28.5 Å². The maximum atomic E-state index is 10.7. The topological polar surface area (TPSA) is 251 Å². The van der Waals surface area contributed by atoms with Gasteiger partial charge in [-0.25, -0.2) is 0 Å². The van der Waals surface area contributed by atoms with Crippen molar-refractivity contribution in [3.8, 4) is 11.5 Å². The maximum Gasteiger partial charge on any atom is 0.317 e. The van der Waals surface area contributed by atoms with Crippen molar-refractivity contribution in [1.29, 1.82) is 0 Å². The molecule has 0 saturated heterocycles. The molecule has 0 bridgehead atoms. The average Bonchev–Trinajstić information content (AvgIpc) is 2.90. The number of nitrogens with two attached hydrogens (primary N) is 1. The van der Waals surface area contributed by atoms with E-state index >= 15 is 0 Å². The van der Waals surface area contributed by atoms with Crippen molar-refractivity contribution in [3.63, 3.8) is 0 Å². The Morgan fingerprint density at radius 2 is 1.64 bits per heavy atom. The monoisotopic (exact) mass is 738 g/mol. The van der Waals surface area contributed by atoms with Gasteiger partial charge in [0, 0.05) is 18.2 Å². The number of anilines is 3. The highest BCUT2D eigenvalue weighted by molar-refractivity contribution is 7.94. The van der Waals surface area contributed by atoms with Crippen molar-refractivity contribution in [1.82, 2.24) is 20.3 Å². The van der Waals surface area contributed by atoms with Crippen molar-refractivity contribution in [3.05, 3.63) is 62.9 Å². The van der Waals surface area contributed by atoms with Crippen molar-refractivity contribution >= 4 is 70.9 Å². The van der Waals surface area contributed by atoms with E-state index in [1.807, 2.05) is 39.1 Å². The van der Waals surface area contributed by atoms with Gasteiger partial charge in [-0.15, -0.1) is 0 Å². The maximum absolute atomic E-state index is 10.7. The summed E-state index contributed by atoms with van der Waals surface area (Å²) >= 11 is 11.7. The molecule has 0 saturated carbocycles. The molecular formula is C27H41Cl2N8O8PS. The lowest BCUT2D eigenvalue weighted by molar-refractivity contribution is -0.383. The van der Waals surface area contributed by atoms with Crippen LogP contribution in [0.3, 0.4) is 0 Å². The van der Waals surface area contributed by atoms with Gasteiger partial charge in [-0.2, -0.15) is 15.0 Å². The van der Waals surface area contributed by atoms with E-state index in [0.717, 1.165) is 6.54 Å². The van der Waals surface area contributed by atoms with Crippen LogP contribution in [0.2, 0.25) is 10.3 Å². The number of halogens is 2. The van der Waals surface area contributed by atoms with Crippen molar-refractivity contribution in [2.75, 3.05) is 54.5 Å². The normalized spacial score (nSPS) is 11.7. The van der Waals surface area contributed by atoms with Gasteiger partial charge in [-0.05, 0) is 68.4 Å². The molecule has 1 heterocycles. The first kappa shape index (κ1) is 43.6. The molecule has 0 amide bonds. The number of para-hydroxylation sites is 1. The van der Waals surface area contributed by atoms with E-state index in [9.17, 15) is 24.4 Å². The molecule has 0 aliphatic heterocycles. The van der Waals surface area contributed by atoms with E-state index < -0.39 is 31.3 Å². The molecule has 20 heteroatoms. The zero-order valence-corrected chi connectivity index (χ0v) is 30.2. The Bertz CT molecular complexity index is 1460. The number of nitro benzene ring substituents is 1. The van der Waals surface area contributed by atoms with Crippen molar-refractivity contribution < 1.29 is 33.9 Å². The Morgan fingerprint density at radius 3 is 2.11 bits per heavy atom. The van der Waals surface area contributed by atoms with Gasteiger partial charge in [0.1, 0.15) is 29.8 Å². The number of nitrogens with one attached hydrogen (secondary N) is 3. The SMILES string of the molecule is CCNc1nc(Cl)nc(NC(C)(C)C)n1.C[S+](C)C.Nc1c([N+](=O)[O-])ccc(Oc2ccccc2)c1Cl.O=C(O)CNCP(=O)([O-])O. The van der Waals surface area contributed by atoms with Gasteiger partial charge in [0.25, 0.3) is 5.69 Å². The highest BCUT2D eigenvalue weighted by Gasteiger charge is 2.18. The summed E-state index contributed by atoms with van der Waals surface area (Å²) in [5.41, 5.74) is 5.14. The fraction of sp³-hybridized carbons (Fsp3) is 0.407. The number of carbonyl (C=O) groups is 1. The number of hydrogen-bond donors (Lipinski definition) is 6. The summed E-state index contributed by atoms with van der Waals surface area (Å²) in [4.78, 5) is 50.0. The number of nitro groups is 1. The number of nitrogens with zero attached hydrogens (tertiary/aromatic N) is 4. The van der Waals surface area contributed by atoms with Gasteiger partial charge in [-0.3, -0.25) is 20.2 Å². The smallest absolute Gasteiger partial charge is 0.317 e. The van der Waals surface area contributed by atoms with Gasteiger partial charge in [0.05, 0.1) is 36.5 Å². The number of ether oxygens (including phenoxy) is 1. The fourth-order valence-corrected chi connectivity index (χ4v) is 3.45. The van der Waals surface area contributed by atoms with E-state index in [4.69, 9.17) is 43.7 Å². The molecule has 0 spiro atoms. The van der Waals surface area contributed by atoms with Gasteiger partial charge in [0.15, 0.2) is 0 Å². The molecule has 47 heavy (non-hydrogen) atoms. The molecular weight excluding hydrogens is 698 g/mol. The lowest BCUT2D eigenvalue weighted by Crippen LogP contribution is -2.27. The third-order valence-electron chi connectivity index (χ3n) is 4.31. The first-order valence-corrected chi connectivity index (χ1v) is 18.4. The third kappa shape index (κ3) is 21.9. The fourth-order valence-electron chi connectivity index (χ4n) is 2.70. The zero-order valence-electron chi connectivity index (χ0n) is 27.0. The van der Waals surface area contributed by atoms with Crippen LogP contribution in [0.15, 0.2) is 42.5 Å². The van der Waals surface area contributed by atoms with Crippen molar-refractivity contribution in [2.24, 2.45) is 0 Å². The number of benzene rings is 2. The van der Waals surface area contributed by atoms with E-state index in [1.54, 1.807) is 24.3 Å². The third-order valence-corrected chi connectivity index (χ3v) is 5.49. The molecule has 0 radical (unpaired) electrons. The quantitative estimate of drug-likeness (QED) is 0.0553. The number of hydrogen-bond acceptors (Lipinski definition) is 13. The van der Waals surface area contributed by atoms with E-state index in [2.05, 4.69) is 44.4 Å². The summed E-state index contributed by atoms with van der Waals surface area (Å²) in [5, 5.41) is 27.0. The number of aromatic nitrogens is 3. The summed E-state index contributed by atoms with van der Waals surface area (Å²) in [7, 11) is -3.71. The molecule has 1 atom stereocenters. The average molecular weight is 740 g/mol. The van der Waals surface area contributed by atoms with Crippen molar-refractivity contribution in [2.45, 2.75) is 33.2 Å². The Labute approximate surface area is 286 Å². The number of carboxylic acid groups (broad SMARTS) is 1. The Hall–Kier alpha value is -3.44. The molecule has 3 rings (SSSR count). The second-order valence-electron chi connectivity index (χ2n) is 10.5.